The van der Waals surface area contributed by atoms with E-state index in [-0.39, 0.29) is 0 Å². The van der Waals surface area contributed by atoms with Crippen LogP contribution in [0.25, 0.3) is 0 Å². The predicted octanol–water partition coefficient (Wildman–Crippen LogP) is 2.55. The number of rotatable bonds is 1. The molecule has 0 aromatic carbocycles. The minimum atomic E-state index is -2.87. The van der Waals surface area contributed by atoms with E-state index in [1.165, 1.54) is 21.0 Å². The quantitative estimate of drug-likeness (QED) is 0.439. The molecular formula is C6H11Cl3O6P+. The van der Waals surface area contributed by atoms with Crippen molar-refractivity contribution in [2.45, 2.75) is 23.2 Å². The SMILES string of the molecule is COC(=O)OC(C)(C)C(Cl)(Cl)Cl.O=[P+](O)O. The normalized spacial score (nSPS) is 11.0. The van der Waals surface area contributed by atoms with Gasteiger partial charge in [-0.3, -0.25) is 0 Å². The molecule has 0 amide bonds. The van der Waals surface area contributed by atoms with Crippen molar-refractivity contribution >= 4 is 49.2 Å². The maximum Gasteiger partial charge on any atom is 0.692 e. The predicted molar refractivity (Wildman–Crippen MR) is 59.9 cm³/mol. The summed E-state index contributed by atoms with van der Waals surface area (Å²) in [5.41, 5.74) is -1.22. The standard InChI is InChI=1S/C6H9Cl3O3.HO3P/c1-5(2,6(7,8)9)12-4(10)11-3;1-4(2)3/h1-3H3;(H-,1,2,3)/p+1. The molecule has 0 spiro atoms. The summed E-state index contributed by atoms with van der Waals surface area (Å²) in [6.07, 6.45) is -0.883. The fourth-order valence-corrected chi connectivity index (χ4v) is 0.424. The third-order valence-corrected chi connectivity index (χ3v) is 2.55. The highest BCUT2D eigenvalue weighted by Crippen LogP contribution is 2.40. The highest BCUT2D eigenvalue weighted by atomic mass is 35.6. The number of halogens is 3. The fraction of sp³-hybridized carbons (Fsp3) is 0.833. The van der Waals surface area contributed by atoms with Crippen molar-refractivity contribution in [3.8, 4) is 0 Å². The summed E-state index contributed by atoms with van der Waals surface area (Å²) in [4.78, 5) is 24.9. The molecule has 16 heavy (non-hydrogen) atoms. The molecule has 0 radical (unpaired) electrons. The average molecular weight is 316 g/mol. The summed E-state index contributed by atoms with van der Waals surface area (Å²) in [5.74, 6) is 0. The van der Waals surface area contributed by atoms with Gasteiger partial charge in [0.15, 0.2) is 5.60 Å². The Balaban J connectivity index is 0. The van der Waals surface area contributed by atoms with E-state index in [9.17, 15) is 4.79 Å². The topological polar surface area (TPSA) is 93.1 Å². The molecular weight excluding hydrogens is 305 g/mol. The molecule has 96 valence electrons. The fourth-order valence-electron chi connectivity index (χ4n) is 0.308. The molecule has 0 bridgehead atoms. The van der Waals surface area contributed by atoms with Gasteiger partial charge in [0, 0.05) is 4.57 Å². The van der Waals surface area contributed by atoms with Gasteiger partial charge >= 0.3 is 14.4 Å². The van der Waals surface area contributed by atoms with Crippen LogP contribution in [-0.2, 0) is 14.0 Å². The molecule has 0 aliphatic carbocycles. The Hall–Kier alpha value is 0.160. The molecule has 0 atom stereocenters. The van der Waals surface area contributed by atoms with Gasteiger partial charge in [-0.2, -0.15) is 0 Å². The largest absolute Gasteiger partial charge is 0.692 e. The smallest absolute Gasteiger partial charge is 0.438 e. The molecule has 0 saturated heterocycles. The zero-order chi connectivity index (χ0) is 13.6. The number of methoxy groups -OCH3 is 1. The lowest BCUT2D eigenvalue weighted by molar-refractivity contribution is -0.00466. The van der Waals surface area contributed by atoms with Gasteiger partial charge in [0.2, 0.25) is 3.79 Å². The Labute approximate surface area is 108 Å². The third-order valence-electron chi connectivity index (χ3n) is 1.19. The second-order valence-electron chi connectivity index (χ2n) is 2.82. The molecule has 6 nitrogen and oxygen atoms in total. The molecule has 10 heteroatoms. The molecule has 2 N–H and O–H groups in total. The van der Waals surface area contributed by atoms with Gasteiger partial charge in [0.25, 0.3) is 0 Å². The maximum atomic E-state index is 10.7. The van der Waals surface area contributed by atoms with Gasteiger partial charge in [-0.15, -0.1) is 9.79 Å². The minimum Gasteiger partial charge on any atom is -0.438 e. The van der Waals surface area contributed by atoms with E-state index in [0.717, 1.165) is 0 Å². The first-order chi connectivity index (χ1) is 6.94. The first-order valence-corrected chi connectivity index (χ1v) is 5.92. The lowest BCUT2D eigenvalue weighted by atomic mass is 10.2. The Morgan fingerprint density at radius 2 is 1.56 bits per heavy atom. The second-order valence-corrected chi connectivity index (χ2v) is 5.60. The van der Waals surface area contributed by atoms with Crippen molar-refractivity contribution in [2.24, 2.45) is 0 Å². The molecule has 0 unspecified atom stereocenters. The van der Waals surface area contributed by atoms with E-state index in [4.69, 9.17) is 53.9 Å². The van der Waals surface area contributed by atoms with Crippen LogP contribution >= 0.6 is 43.1 Å². The van der Waals surface area contributed by atoms with E-state index in [0.29, 0.717) is 0 Å². The van der Waals surface area contributed by atoms with Gasteiger partial charge in [-0.25, -0.2) is 4.79 Å². The second kappa shape index (κ2) is 7.48. The summed E-state index contributed by atoms with van der Waals surface area (Å²) in [6.45, 7) is 2.94. The number of hydrogen-bond donors (Lipinski definition) is 2. The van der Waals surface area contributed by atoms with Crippen LogP contribution in [-0.4, -0.2) is 32.4 Å². The van der Waals surface area contributed by atoms with Crippen molar-refractivity contribution in [1.29, 1.82) is 0 Å². The minimum absolute atomic E-state index is 0.883. The summed E-state index contributed by atoms with van der Waals surface area (Å²) < 4.78 is 16.0. The summed E-state index contributed by atoms with van der Waals surface area (Å²) in [6, 6.07) is 0. The van der Waals surface area contributed by atoms with Crippen LogP contribution in [0.5, 0.6) is 0 Å². The van der Waals surface area contributed by atoms with Gasteiger partial charge in [-0.05, 0) is 13.8 Å². The molecule has 0 aliphatic rings. The third kappa shape index (κ3) is 9.39. The number of alkyl halides is 3. The zero-order valence-electron chi connectivity index (χ0n) is 8.61. The van der Waals surface area contributed by atoms with E-state index >= 15 is 0 Å². The van der Waals surface area contributed by atoms with Gasteiger partial charge in [0.05, 0.1) is 7.11 Å². The Morgan fingerprint density at radius 1 is 1.25 bits per heavy atom. The Kier molecular flexibility index (Phi) is 8.66. The number of hydrogen-bond acceptors (Lipinski definition) is 4. The summed E-state index contributed by atoms with van der Waals surface area (Å²) >= 11 is 16.6. The lowest BCUT2D eigenvalue weighted by Gasteiger charge is -2.30. The van der Waals surface area contributed by atoms with Crippen LogP contribution in [0, 0.1) is 0 Å². The van der Waals surface area contributed by atoms with E-state index < -0.39 is 23.8 Å². The molecule has 0 aromatic rings. The first-order valence-electron chi connectivity index (χ1n) is 3.62. The Bertz CT molecular complexity index is 247. The van der Waals surface area contributed by atoms with Gasteiger partial charge in [0.1, 0.15) is 0 Å². The van der Waals surface area contributed by atoms with Crippen LogP contribution in [0.2, 0.25) is 0 Å². The van der Waals surface area contributed by atoms with Crippen molar-refractivity contribution < 1.29 is 28.6 Å². The van der Waals surface area contributed by atoms with Crippen LogP contribution in [0.1, 0.15) is 13.8 Å². The molecule has 0 saturated carbocycles. The van der Waals surface area contributed by atoms with Crippen LogP contribution in [0.15, 0.2) is 0 Å². The molecule has 0 aliphatic heterocycles. The Morgan fingerprint density at radius 3 is 1.75 bits per heavy atom. The average Bonchev–Trinajstić information content (AvgIpc) is 1.99. The highest BCUT2D eigenvalue weighted by Gasteiger charge is 2.44. The molecule has 0 aromatic heterocycles. The molecule has 0 heterocycles. The van der Waals surface area contributed by atoms with Crippen molar-refractivity contribution in [3.63, 3.8) is 0 Å². The van der Waals surface area contributed by atoms with Crippen LogP contribution < -0.4 is 0 Å². The monoisotopic (exact) mass is 315 g/mol. The zero-order valence-corrected chi connectivity index (χ0v) is 11.8. The number of carbonyl (C=O) groups is 1. The van der Waals surface area contributed by atoms with E-state index in [1.54, 1.807) is 0 Å². The van der Waals surface area contributed by atoms with Crippen LogP contribution in [0.3, 0.4) is 0 Å². The lowest BCUT2D eigenvalue weighted by Crippen LogP contribution is -2.41. The van der Waals surface area contributed by atoms with Gasteiger partial charge < -0.3 is 9.47 Å². The summed E-state index contributed by atoms with van der Waals surface area (Å²) in [5, 5.41) is 0. The highest BCUT2D eigenvalue weighted by molar-refractivity contribution is 7.30. The molecule has 0 fully saturated rings. The van der Waals surface area contributed by atoms with Crippen molar-refractivity contribution in [2.75, 3.05) is 7.11 Å². The molecule has 0 rings (SSSR count). The summed E-state index contributed by atoms with van der Waals surface area (Å²) in [7, 11) is -1.69. The van der Waals surface area contributed by atoms with E-state index in [2.05, 4.69) is 4.74 Å². The maximum absolute atomic E-state index is 10.7. The first kappa shape index (κ1) is 18.5. The van der Waals surface area contributed by atoms with E-state index in [1.807, 2.05) is 0 Å². The number of carbonyl (C=O) groups excluding carboxylic acids is 1. The van der Waals surface area contributed by atoms with Crippen molar-refractivity contribution in [3.05, 3.63) is 0 Å². The van der Waals surface area contributed by atoms with Gasteiger partial charge in [-0.1, -0.05) is 34.8 Å². The van der Waals surface area contributed by atoms with Crippen LogP contribution in [0.4, 0.5) is 4.79 Å². The van der Waals surface area contributed by atoms with Crippen molar-refractivity contribution in [1.82, 2.24) is 0 Å². The number of ether oxygens (including phenoxy) is 2.